The summed E-state index contributed by atoms with van der Waals surface area (Å²) in [4.78, 5) is 15.9. The molecule has 7 heteroatoms. The second-order valence-corrected chi connectivity index (χ2v) is 6.28. The minimum atomic E-state index is -0.320. The zero-order chi connectivity index (χ0) is 18.7. The van der Waals surface area contributed by atoms with Crippen molar-refractivity contribution in [3.63, 3.8) is 0 Å². The highest BCUT2D eigenvalue weighted by Crippen LogP contribution is 2.24. The lowest BCUT2D eigenvalue weighted by atomic mass is 10.1. The number of benzene rings is 1. The maximum Gasteiger partial charge on any atom is 0.271 e. The van der Waals surface area contributed by atoms with Gasteiger partial charge in [0.25, 0.3) is 5.91 Å². The van der Waals surface area contributed by atoms with E-state index in [4.69, 9.17) is 11.6 Å². The minimum absolute atomic E-state index is 0.320. The maximum absolute atomic E-state index is 12.0. The standard InChI is InChI=1S/C19H18ClN5O/c1-12-4-5-13(2)17(10-12)25-18(20)16(14(3)24-25)11-22-23-19(26)15-6-8-21-9-7-15/h4-11H,1-3H3,(H,23,26)/b22-11-. The third-order valence-corrected chi connectivity index (χ3v) is 4.31. The number of nitrogens with zero attached hydrogens (tertiary/aromatic N) is 4. The summed E-state index contributed by atoms with van der Waals surface area (Å²) in [5.41, 5.74) is 7.43. The largest absolute Gasteiger partial charge is 0.271 e. The van der Waals surface area contributed by atoms with E-state index in [-0.39, 0.29) is 5.91 Å². The molecule has 0 saturated heterocycles. The molecule has 3 rings (SSSR count). The lowest BCUT2D eigenvalue weighted by Crippen LogP contribution is -2.17. The van der Waals surface area contributed by atoms with Crippen LogP contribution in [0.5, 0.6) is 0 Å². The van der Waals surface area contributed by atoms with Crippen molar-refractivity contribution in [1.29, 1.82) is 0 Å². The van der Waals surface area contributed by atoms with Gasteiger partial charge in [0.1, 0.15) is 5.15 Å². The third-order valence-electron chi connectivity index (χ3n) is 3.94. The Bertz CT molecular complexity index is 979. The summed E-state index contributed by atoms with van der Waals surface area (Å²) in [6.45, 7) is 5.87. The van der Waals surface area contributed by atoms with E-state index in [1.165, 1.54) is 6.21 Å². The first kappa shape index (κ1) is 17.8. The van der Waals surface area contributed by atoms with Crippen molar-refractivity contribution in [3.05, 3.63) is 75.8 Å². The molecule has 0 spiro atoms. The average molecular weight is 368 g/mol. The highest BCUT2D eigenvalue weighted by atomic mass is 35.5. The quantitative estimate of drug-likeness (QED) is 0.565. The monoisotopic (exact) mass is 367 g/mol. The van der Waals surface area contributed by atoms with E-state index in [9.17, 15) is 4.79 Å². The predicted molar refractivity (Wildman–Crippen MR) is 102 cm³/mol. The molecule has 132 valence electrons. The van der Waals surface area contributed by atoms with Crippen molar-refractivity contribution in [2.24, 2.45) is 5.10 Å². The molecule has 0 aliphatic carbocycles. The molecule has 3 aromatic rings. The van der Waals surface area contributed by atoms with Crippen molar-refractivity contribution in [2.45, 2.75) is 20.8 Å². The molecule has 0 aliphatic rings. The van der Waals surface area contributed by atoms with Gasteiger partial charge < -0.3 is 0 Å². The second-order valence-electron chi connectivity index (χ2n) is 5.93. The van der Waals surface area contributed by atoms with Crippen LogP contribution in [0.2, 0.25) is 5.15 Å². The Morgan fingerprint density at radius 1 is 1.19 bits per heavy atom. The fourth-order valence-electron chi connectivity index (χ4n) is 2.49. The lowest BCUT2D eigenvalue weighted by molar-refractivity contribution is 0.0955. The third kappa shape index (κ3) is 3.65. The Hall–Kier alpha value is -2.99. The van der Waals surface area contributed by atoms with Gasteiger partial charge in [0, 0.05) is 18.0 Å². The van der Waals surface area contributed by atoms with E-state index in [0.717, 1.165) is 22.5 Å². The van der Waals surface area contributed by atoms with Crippen LogP contribution in [0.25, 0.3) is 5.69 Å². The van der Waals surface area contributed by atoms with Crippen LogP contribution in [-0.2, 0) is 0 Å². The molecule has 0 radical (unpaired) electrons. The molecule has 1 aromatic carbocycles. The first-order chi connectivity index (χ1) is 12.5. The fraction of sp³-hybridized carbons (Fsp3) is 0.158. The highest BCUT2D eigenvalue weighted by Gasteiger charge is 2.15. The highest BCUT2D eigenvalue weighted by molar-refractivity contribution is 6.32. The number of hydrogen-bond acceptors (Lipinski definition) is 4. The summed E-state index contributed by atoms with van der Waals surface area (Å²) in [5, 5.41) is 8.96. The predicted octanol–water partition coefficient (Wildman–Crippen LogP) is 3.61. The van der Waals surface area contributed by atoms with Crippen molar-refractivity contribution < 1.29 is 4.79 Å². The number of hydrazone groups is 1. The van der Waals surface area contributed by atoms with Gasteiger partial charge in [-0.05, 0) is 50.1 Å². The molecule has 0 unspecified atom stereocenters. The van der Waals surface area contributed by atoms with Crippen LogP contribution in [0.4, 0.5) is 0 Å². The van der Waals surface area contributed by atoms with Crippen LogP contribution < -0.4 is 5.43 Å². The summed E-state index contributed by atoms with van der Waals surface area (Å²) >= 11 is 6.51. The Kier molecular flexibility index (Phi) is 5.14. The normalized spacial score (nSPS) is 11.1. The van der Waals surface area contributed by atoms with Gasteiger partial charge in [0.2, 0.25) is 0 Å². The summed E-state index contributed by atoms with van der Waals surface area (Å²) in [6.07, 6.45) is 4.60. The topological polar surface area (TPSA) is 72.2 Å². The zero-order valence-electron chi connectivity index (χ0n) is 14.7. The first-order valence-electron chi connectivity index (χ1n) is 8.03. The Morgan fingerprint density at radius 2 is 1.92 bits per heavy atom. The molecule has 0 atom stereocenters. The van der Waals surface area contributed by atoms with Gasteiger partial charge in [0.05, 0.1) is 23.2 Å². The maximum atomic E-state index is 12.0. The van der Waals surface area contributed by atoms with Gasteiger partial charge in [-0.3, -0.25) is 9.78 Å². The van der Waals surface area contributed by atoms with E-state index in [0.29, 0.717) is 16.3 Å². The Labute approximate surface area is 156 Å². The molecule has 1 N–H and O–H groups in total. The van der Waals surface area contributed by atoms with Crippen molar-refractivity contribution in [3.8, 4) is 5.69 Å². The number of amides is 1. The van der Waals surface area contributed by atoms with E-state index in [1.807, 2.05) is 39.0 Å². The zero-order valence-corrected chi connectivity index (χ0v) is 15.4. The first-order valence-corrected chi connectivity index (χ1v) is 8.41. The molecule has 0 saturated carbocycles. The smallest absolute Gasteiger partial charge is 0.267 e. The van der Waals surface area contributed by atoms with Gasteiger partial charge in [0.15, 0.2) is 0 Å². The van der Waals surface area contributed by atoms with E-state index in [1.54, 1.807) is 29.2 Å². The summed E-state index contributed by atoms with van der Waals surface area (Å²) < 4.78 is 1.69. The lowest BCUT2D eigenvalue weighted by Gasteiger charge is -2.08. The molecule has 1 amide bonds. The van der Waals surface area contributed by atoms with E-state index in [2.05, 4.69) is 20.6 Å². The Morgan fingerprint density at radius 3 is 2.65 bits per heavy atom. The van der Waals surface area contributed by atoms with Gasteiger partial charge in [-0.2, -0.15) is 10.2 Å². The van der Waals surface area contributed by atoms with Gasteiger partial charge in [-0.1, -0.05) is 23.7 Å². The van der Waals surface area contributed by atoms with Gasteiger partial charge in [-0.25, -0.2) is 10.1 Å². The van der Waals surface area contributed by atoms with Gasteiger partial charge >= 0.3 is 0 Å². The number of pyridine rings is 1. The van der Waals surface area contributed by atoms with E-state index >= 15 is 0 Å². The number of halogens is 1. The summed E-state index contributed by atoms with van der Waals surface area (Å²) in [7, 11) is 0. The van der Waals surface area contributed by atoms with Crippen molar-refractivity contribution in [2.75, 3.05) is 0 Å². The number of carbonyl (C=O) groups is 1. The SMILES string of the molecule is Cc1ccc(C)c(-n2nc(C)c(/C=N\NC(=O)c3ccncc3)c2Cl)c1. The molecule has 0 bridgehead atoms. The van der Waals surface area contributed by atoms with Crippen LogP contribution in [0.3, 0.4) is 0 Å². The van der Waals surface area contributed by atoms with Crippen molar-refractivity contribution in [1.82, 2.24) is 20.2 Å². The number of rotatable bonds is 4. The van der Waals surface area contributed by atoms with Gasteiger partial charge in [-0.15, -0.1) is 0 Å². The van der Waals surface area contributed by atoms with Crippen LogP contribution in [-0.4, -0.2) is 26.9 Å². The number of hydrogen-bond donors (Lipinski definition) is 1. The number of aromatic nitrogens is 3. The summed E-state index contributed by atoms with van der Waals surface area (Å²) in [6, 6.07) is 9.32. The van der Waals surface area contributed by atoms with E-state index < -0.39 is 0 Å². The number of aryl methyl sites for hydroxylation is 3. The number of carbonyl (C=O) groups excluding carboxylic acids is 1. The van der Waals surface area contributed by atoms with Crippen LogP contribution in [0, 0.1) is 20.8 Å². The van der Waals surface area contributed by atoms with Crippen LogP contribution in [0.15, 0.2) is 47.8 Å². The summed E-state index contributed by atoms with van der Waals surface area (Å²) in [5.74, 6) is -0.320. The molecular formula is C19H18ClN5O. The van der Waals surface area contributed by atoms with Crippen molar-refractivity contribution >= 4 is 23.7 Å². The Balaban J connectivity index is 1.84. The van der Waals surface area contributed by atoms with Crippen LogP contribution >= 0.6 is 11.6 Å². The molecular weight excluding hydrogens is 350 g/mol. The average Bonchev–Trinajstić information content (AvgIpc) is 2.92. The molecule has 2 heterocycles. The fourth-order valence-corrected chi connectivity index (χ4v) is 2.80. The molecule has 2 aromatic heterocycles. The molecule has 26 heavy (non-hydrogen) atoms. The second kappa shape index (κ2) is 7.49. The number of nitrogens with one attached hydrogen (secondary N) is 1. The minimum Gasteiger partial charge on any atom is -0.267 e. The molecule has 6 nitrogen and oxygen atoms in total. The molecule has 0 aliphatic heterocycles. The molecule has 0 fully saturated rings. The van der Waals surface area contributed by atoms with Crippen LogP contribution in [0.1, 0.15) is 32.7 Å².